The fourth-order valence-electron chi connectivity index (χ4n) is 2.36. The summed E-state index contributed by atoms with van der Waals surface area (Å²) in [7, 11) is -1.99. The van der Waals surface area contributed by atoms with Gasteiger partial charge in [-0.1, -0.05) is 0 Å². The molecule has 2 rings (SSSR count). The summed E-state index contributed by atoms with van der Waals surface area (Å²) in [5.74, 6) is 0.681. The molecule has 1 aliphatic heterocycles. The number of rotatable bonds is 6. The molecule has 1 heterocycles. The van der Waals surface area contributed by atoms with Crippen molar-refractivity contribution in [3.05, 3.63) is 23.3 Å². The monoisotopic (exact) mass is 329 g/mol. The van der Waals surface area contributed by atoms with Gasteiger partial charge >= 0.3 is 0 Å². The maximum absolute atomic E-state index is 12.4. The summed E-state index contributed by atoms with van der Waals surface area (Å²) < 4.78 is 43.4. The van der Waals surface area contributed by atoms with Gasteiger partial charge in [-0.2, -0.15) is 0 Å². The second-order valence-electron chi connectivity index (χ2n) is 5.30. The molecule has 1 aromatic rings. The third kappa shape index (κ3) is 4.19. The third-order valence-corrected chi connectivity index (χ3v) is 5.15. The molecular formula is C15H23NO5S. The molecule has 7 heteroatoms. The number of nitrogens with one attached hydrogen (secondary N) is 1. The van der Waals surface area contributed by atoms with Crippen molar-refractivity contribution in [2.75, 3.05) is 26.9 Å². The molecule has 124 valence electrons. The molecule has 0 atom stereocenters. The largest absolute Gasteiger partial charge is 0.496 e. The van der Waals surface area contributed by atoms with Crippen LogP contribution in [0.15, 0.2) is 17.0 Å². The van der Waals surface area contributed by atoms with E-state index in [4.69, 9.17) is 14.2 Å². The molecule has 0 aliphatic carbocycles. The highest BCUT2D eigenvalue weighted by molar-refractivity contribution is 7.89. The van der Waals surface area contributed by atoms with Crippen molar-refractivity contribution in [1.82, 2.24) is 4.72 Å². The maximum atomic E-state index is 12.4. The lowest BCUT2D eigenvalue weighted by molar-refractivity contribution is -0.180. The Balaban J connectivity index is 2.02. The molecule has 1 N–H and O–H groups in total. The summed E-state index contributed by atoms with van der Waals surface area (Å²) in [6, 6.07) is 3.36. The van der Waals surface area contributed by atoms with Crippen LogP contribution in [0.5, 0.6) is 5.75 Å². The highest BCUT2D eigenvalue weighted by Crippen LogP contribution is 2.25. The van der Waals surface area contributed by atoms with Gasteiger partial charge in [-0.25, -0.2) is 13.1 Å². The van der Waals surface area contributed by atoms with E-state index in [0.29, 0.717) is 30.9 Å². The van der Waals surface area contributed by atoms with E-state index in [-0.39, 0.29) is 17.7 Å². The Bertz CT molecular complexity index is 609. The minimum atomic E-state index is -3.56. The first-order valence-electron chi connectivity index (χ1n) is 7.32. The van der Waals surface area contributed by atoms with Crippen LogP contribution in [0.4, 0.5) is 0 Å². The first kappa shape index (κ1) is 17.2. The maximum Gasteiger partial charge on any atom is 0.240 e. The summed E-state index contributed by atoms with van der Waals surface area (Å²) in [5.41, 5.74) is 1.44. The van der Waals surface area contributed by atoms with Crippen LogP contribution in [0.3, 0.4) is 0 Å². The Morgan fingerprint density at radius 3 is 2.55 bits per heavy atom. The third-order valence-electron chi connectivity index (χ3n) is 3.55. The number of benzene rings is 1. The fraction of sp³-hybridized carbons (Fsp3) is 0.600. The first-order valence-corrected chi connectivity index (χ1v) is 8.80. The van der Waals surface area contributed by atoms with Crippen LogP contribution in [0.2, 0.25) is 0 Å². The van der Waals surface area contributed by atoms with Gasteiger partial charge in [-0.05, 0) is 43.5 Å². The molecule has 1 aromatic carbocycles. The molecule has 6 nitrogen and oxygen atoms in total. The minimum Gasteiger partial charge on any atom is -0.496 e. The van der Waals surface area contributed by atoms with E-state index >= 15 is 0 Å². The van der Waals surface area contributed by atoms with Gasteiger partial charge < -0.3 is 14.2 Å². The molecule has 22 heavy (non-hydrogen) atoms. The van der Waals surface area contributed by atoms with Gasteiger partial charge in [0, 0.05) is 13.0 Å². The second-order valence-corrected chi connectivity index (χ2v) is 7.03. The number of sulfonamides is 1. The number of aryl methyl sites for hydroxylation is 2. The topological polar surface area (TPSA) is 73.9 Å². The molecule has 0 unspecified atom stereocenters. The molecule has 1 saturated heterocycles. The van der Waals surface area contributed by atoms with Gasteiger partial charge in [0.15, 0.2) is 6.29 Å². The van der Waals surface area contributed by atoms with E-state index in [0.717, 1.165) is 12.0 Å². The first-order chi connectivity index (χ1) is 10.4. The zero-order chi connectivity index (χ0) is 16.2. The van der Waals surface area contributed by atoms with Gasteiger partial charge in [0.05, 0.1) is 25.2 Å². The zero-order valence-electron chi connectivity index (χ0n) is 13.2. The Kier molecular flexibility index (Phi) is 5.80. The molecule has 1 fully saturated rings. The van der Waals surface area contributed by atoms with Crippen molar-refractivity contribution in [2.45, 2.75) is 37.9 Å². The lowest BCUT2D eigenvalue weighted by Gasteiger charge is -2.23. The van der Waals surface area contributed by atoms with E-state index in [1.165, 1.54) is 0 Å². The second kappa shape index (κ2) is 7.41. The summed E-state index contributed by atoms with van der Waals surface area (Å²) in [4.78, 5) is 0.274. The van der Waals surface area contributed by atoms with Crippen LogP contribution in [0, 0.1) is 13.8 Å². The average molecular weight is 329 g/mol. The van der Waals surface area contributed by atoms with Crippen LogP contribution < -0.4 is 9.46 Å². The fourth-order valence-corrected chi connectivity index (χ4v) is 3.72. The van der Waals surface area contributed by atoms with E-state index in [2.05, 4.69) is 4.72 Å². The highest BCUT2D eigenvalue weighted by atomic mass is 32.2. The minimum absolute atomic E-state index is 0.274. The predicted molar refractivity (Wildman–Crippen MR) is 82.6 cm³/mol. The number of hydrogen-bond donors (Lipinski definition) is 1. The van der Waals surface area contributed by atoms with Crippen LogP contribution in [0.25, 0.3) is 0 Å². The summed E-state index contributed by atoms with van der Waals surface area (Å²) >= 11 is 0. The van der Waals surface area contributed by atoms with Crippen molar-refractivity contribution >= 4 is 10.0 Å². The van der Waals surface area contributed by atoms with Crippen LogP contribution in [-0.2, 0) is 19.5 Å². The van der Waals surface area contributed by atoms with E-state index in [9.17, 15) is 8.42 Å². The standard InChI is InChI=1S/C15H23NO5S/c1-11-10-14(12(2)9-13(11)19-3)22(17,18)16-6-5-15-20-7-4-8-21-15/h9-10,15-16H,4-8H2,1-3H3. The van der Waals surface area contributed by atoms with Gasteiger partial charge in [0.1, 0.15) is 5.75 Å². The van der Waals surface area contributed by atoms with Crippen molar-refractivity contribution in [1.29, 1.82) is 0 Å². The smallest absolute Gasteiger partial charge is 0.240 e. The van der Waals surface area contributed by atoms with Crippen LogP contribution in [0.1, 0.15) is 24.0 Å². The van der Waals surface area contributed by atoms with Crippen molar-refractivity contribution in [3.63, 3.8) is 0 Å². The highest BCUT2D eigenvalue weighted by Gasteiger charge is 2.20. The zero-order valence-corrected chi connectivity index (χ0v) is 14.0. The van der Waals surface area contributed by atoms with Crippen molar-refractivity contribution in [3.8, 4) is 5.75 Å². The Morgan fingerprint density at radius 1 is 1.23 bits per heavy atom. The Morgan fingerprint density at radius 2 is 1.91 bits per heavy atom. The van der Waals surface area contributed by atoms with E-state index in [1.54, 1.807) is 26.2 Å². The molecule has 0 aromatic heterocycles. The number of hydrogen-bond acceptors (Lipinski definition) is 5. The van der Waals surface area contributed by atoms with Crippen molar-refractivity contribution in [2.24, 2.45) is 0 Å². The molecule has 0 spiro atoms. The lowest BCUT2D eigenvalue weighted by Crippen LogP contribution is -2.32. The van der Waals surface area contributed by atoms with Gasteiger partial charge in [-0.15, -0.1) is 0 Å². The Hall–Kier alpha value is -1.15. The molecule has 0 bridgehead atoms. The van der Waals surface area contributed by atoms with Gasteiger partial charge in [-0.3, -0.25) is 0 Å². The molecule has 0 radical (unpaired) electrons. The SMILES string of the molecule is COc1cc(C)c(S(=O)(=O)NCCC2OCCCO2)cc1C. The van der Waals surface area contributed by atoms with E-state index in [1.807, 2.05) is 6.92 Å². The number of methoxy groups -OCH3 is 1. The lowest BCUT2D eigenvalue weighted by atomic mass is 10.1. The van der Waals surface area contributed by atoms with E-state index < -0.39 is 10.0 Å². The molecule has 1 aliphatic rings. The van der Waals surface area contributed by atoms with Crippen LogP contribution in [-0.4, -0.2) is 41.6 Å². The quantitative estimate of drug-likeness (QED) is 0.860. The Labute approximate surface area is 131 Å². The summed E-state index contributed by atoms with van der Waals surface area (Å²) in [6.07, 6.45) is 1.05. The predicted octanol–water partition coefficient (Wildman–Crippen LogP) is 1.74. The molecule has 0 saturated carbocycles. The average Bonchev–Trinajstić information content (AvgIpc) is 2.50. The van der Waals surface area contributed by atoms with Gasteiger partial charge in [0.2, 0.25) is 10.0 Å². The van der Waals surface area contributed by atoms with Crippen LogP contribution >= 0.6 is 0 Å². The summed E-state index contributed by atoms with van der Waals surface area (Å²) in [5, 5.41) is 0. The molecular weight excluding hydrogens is 306 g/mol. The summed E-state index contributed by atoms with van der Waals surface area (Å²) in [6.45, 7) is 5.17. The normalized spacial score (nSPS) is 16.7. The van der Waals surface area contributed by atoms with Gasteiger partial charge in [0.25, 0.3) is 0 Å². The van der Waals surface area contributed by atoms with Crippen molar-refractivity contribution < 1.29 is 22.6 Å². The number of ether oxygens (including phenoxy) is 3. The molecule has 0 amide bonds.